The molecule has 0 saturated carbocycles. The van der Waals surface area contributed by atoms with E-state index in [1.165, 1.54) is 5.56 Å². The van der Waals surface area contributed by atoms with E-state index in [1.807, 2.05) is 41.2 Å². The van der Waals surface area contributed by atoms with Crippen molar-refractivity contribution in [3.63, 3.8) is 0 Å². The number of aliphatic hydroxyl groups is 1. The Morgan fingerprint density at radius 2 is 1.93 bits per heavy atom. The number of hydrogen-bond acceptors (Lipinski definition) is 4. The van der Waals surface area contributed by atoms with Gasteiger partial charge in [-0.3, -0.25) is 0 Å². The van der Waals surface area contributed by atoms with Gasteiger partial charge < -0.3 is 10.4 Å². The van der Waals surface area contributed by atoms with Gasteiger partial charge in [0.1, 0.15) is 11.7 Å². The smallest absolute Gasteiger partial charge is 0.113 e. The molecule has 27 heavy (non-hydrogen) atoms. The largest absolute Gasteiger partial charge is 0.390 e. The Hall–Kier alpha value is -2.21. The molecule has 2 aromatic carbocycles. The molecule has 0 unspecified atom stereocenters. The van der Waals surface area contributed by atoms with Gasteiger partial charge in [0.2, 0.25) is 0 Å². The van der Waals surface area contributed by atoms with Crippen molar-refractivity contribution in [2.75, 3.05) is 13.1 Å². The Morgan fingerprint density at radius 3 is 2.74 bits per heavy atom. The molecule has 6 heteroatoms. The molecule has 0 radical (unpaired) electrons. The summed E-state index contributed by atoms with van der Waals surface area (Å²) >= 11 is 6.12. The van der Waals surface area contributed by atoms with Gasteiger partial charge in [-0.2, -0.15) is 0 Å². The second-order valence-corrected chi connectivity index (χ2v) is 7.91. The lowest BCUT2D eigenvalue weighted by atomic mass is 9.72. The molecule has 3 aromatic rings. The average Bonchev–Trinajstić information content (AvgIpc) is 3.26. The maximum Gasteiger partial charge on any atom is 0.113 e. The van der Waals surface area contributed by atoms with Crippen LogP contribution in [0.5, 0.6) is 0 Å². The number of nitrogens with zero attached hydrogens (tertiary/aromatic N) is 3. The third-order valence-electron chi connectivity index (χ3n) is 6.09. The lowest BCUT2D eigenvalue weighted by Gasteiger charge is -2.38. The van der Waals surface area contributed by atoms with Gasteiger partial charge in [0, 0.05) is 16.0 Å². The molecule has 2 atom stereocenters. The van der Waals surface area contributed by atoms with Crippen molar-refractivity contribution in [3.8, 4) is 11.3 Å². The molecule has 1 aromatic heterocycles. The van der Waals surface area contributed by atoms with E-state index < -0.39 is 6.10 Å². The standard InChI is InChI=1S/C21H21ClN4O/c22-15-5-3-4-14(12-15)18-13-26(25-24-18)19-16-6-1-2-7-17(16)21(20(19)27)8-10-23-11-9-21/h1-7,12-13,19-20,23,27H,8-11H2/t19-,20+/m1/s1. The average molecular weight is 381 g/mol. The Labute approximate surface area is 163 Å². The van der Waals surface area contributed by atoms with Crippen LogP contribution in [0.3, 0.4) is 0 Å². The highest BCUT2D eigenvalue weighted by Crippen LogP contribution is 2.51. The molecule has 0 bridgehead atoms. The summed E-state index contributed by atoms with van der Waals surface area (Å²) in [6.07, 6.45) is 3.25. The van der Waals surface area contributed by atoms with Gasteiger partial charge in [0.25, 0.3) is 0 Å². The van der Waals surface area contributed by atoms with Crippen molar-refractivity contribution in [2.24, 2.45) is 0 Å². The fraction of sp³-hybridized carbons (Fsp3) is 0.333. The first-order chi connectivity index (χ1) is 13.2. The molecule has 1 spiro atoms. The van der Waals surface area contributed by atoms with Gasteiger partial charge in [-0.05, 0) is 49.2 Å². The number of hydrogen-bond donors (Lipinski definition) is 2. The molecule has 138 valence electrons. The van der Waals surface area contributed by atoms with Gasteiger partial charge in [-0.1, -0.05) is 53.2 Å². The van der Waals surface area contributed by atoms with E-state index in [0.717, 1.165) is 42.8 Å². The highest BCUT2D eigenvalue weighted by molar-refractivity contribution is 6.30. The zero-order valence-corrected chi connectivity index (χ0v) is 15.6. The number of rotatable bonds is 2. The highest BCUT2D eigenvalue weighted by Gasteiger charge is 2.52. The molecule has 5 rings (SSSR count). The monoisotopic (exact) mass is 380 g/mol. The molecule has 1 aliphatic heterocycles. The number of nitrogens with one attached hydrogen (secondary N) is 1. The van der Waals surface area contributed by atoms with Crippen LogP contribution in [-0.2, 0) is 5.41 Å². The van der Waals surface area contributed by atoms with Gasteiger partial charge >= 0.3 is 0 Å². The summed E-state index contributed by atoms with van der Waals surface area (Å²) in [6.45, 7) is 1.84. The molecule has 2 N–H and O–H groups in total. The van der Waals surface area contributed by atoms with Crippen LogP contribution in [0.25, 0.3) is 11.3 Å². The first kappa shape index (κ1) is 16.9. The van der Waals surface area contributed by atoms with E-state index in [4.69, 9.17) is 11.6 Å². The molecule has 2 heterocycles. The fourth-order valence-corrected chi connectivity index (χ4v) is 4.95. The van der Waals surface area contributed by atoms with Gasteiger partial charge in [-0.25, -0.2) is 4.68 Å². The Bertz CT molecular complexity index is 980. The topological polar surface area (TPSA) is 63.0 Å². The number of aromatic nitrogens is 3. The van der Waals surface area contributed by atoms with E-state index in [-0.39, 0.29) is 11.5 Å². The maximum absolute atomic E-state index is 11.4. The summed E-state index contributed by atoms with van der Waals surface area (Å²) in [5.74, 6) is 0. The lowest BCUT2D eigenvalue weighted by molar-refractivity contribution is 0.0421. The zero-order chi connectivity index (χ0) is 18.4. The van der Waals surface area contributed by atoms with Crippen LogP contribution >= 0.6 is 11.6 Å². The number of benzene rings is 2. The summed E-state index contributed by atoms with van der Waals surface area (Å²) in [7, 11) is 0. The normalized spacial score (nSPS) is 23.5. The van der Waals surface area contributed by atoms with E-state index >= 15 is 0 Å². The summed E-state index contributed by atoms with van der Waals surface area (Å²) in [5.41, 5.74) is 3.87. The zero-order valence-electron chi connectivity index (χ0n) is 14.8. The minimum absolute atomic E-state index is 0.214. The summed E-state index contributed by atoms with van der Waals surface area (Å²) in [5, 5.41) is 24.2. The molecular weight excluding hydrogens is 360 g/mol. The summed E-state index contributed by atoms with van der Waals surface area (Å²) in [4.78, 5) is 0. The summed E-state index contributed by atoms with van der Waals surface area (Å²) in [6, 6.07) is 15.7. The van der Waals surface area contributed by atoms with Crippen molar-refractivity contribution < 1.29 is 5.11 Å². The number of piperidine rings is 1. The van der Waals surface area contributed by atoms with E-state index in [0.29, 0.717) is 5.02 Å². The van der Waals surface area contributed by atoms with Crippen molar-refractivity contribution >= 4 is 11.6 Å². The van der Waals surface area contributed by atoms with E-state index in [1.54, 1.807) is 0 Å². The molecule has 1 fully saturated rings. The first-order valence-electron chi connectivity index (χ1n) is 9.35. The Balaban J connectivity index is 1.58. The fourth-order valence-electron chi connectivity index (χ4n) is 4.76. The van der Waals surface area contributed by atoms with Crippen LogP contribution in [0.2, 0.25) is 5.02 Å². The van der Waals surface area contributed by atoms with Crippen LogP contribution in [0, 0.1) is 0 Å². The molecule has 2 aliphatic rings. The minimum Gasteiger partial charge on any atom is -0.390 e. The van der Waals surface area contributed by atoms with Gasteiger partial charge in [0.05, 0.1) is 12.3 Å². The molecule has 0 amide bonds. The third-order valence-corrected chi connectivity index (χ3v) is 6.33. The highest BCUT2D eigenvalue weighted by atomic mass is 35.5. The Kier molecular flexibility index (Phi) is 4.04. The van der Waals surface area contributed by atoms with Gasteiger partial charge in [-0.15, -0.1) is 5.10 Å². The summed E-state index contributed by atoms with van der Waals surface area (Å²) < 4.78 is 1.82. The van der Waals surface area contributed by atoms with Crippen LogP contribution < -0.4 is 5.32 Å². The first-order valence-corrected chi connectivity index (χ1v) is 9.73. The van der Waals surface area contributed by atoms with E-state index in [9.17, 15) is 5.11 Å². The second-order valence-electron chi connectivity index (χ2n) is 7.48. The van der Waals surface area contributed by atoms with Crippen LogP contribution in [-0.4, -0.2) is 39.3 Å². The van der Waals surface area contributed by atoms with E-state index in [2.05, 4.69) is 33.8 Å². The molecule has 1 saturated heterocycles. The lowest BCUT2D eigenvalue weighted by Crippen LogP contribution is -2.47. The van der Waals surface area contributed by atoms with Crippen LogP contribution in [0.1, 0.15) is 30.0 Å². The molecule has 5 nitrogen and oxygen atoms in total. The number of fused-ring (bicyclic) bond motifs is 2. The van der Waals surface area contributed by atoms with Crippen LogP contribution in [0.4, 0.5) is 0 Å². The van der Waals surface area contributed by atoms with Crippen molar-refractivity contribution in [3.05, 3.63) is 70.9 Å². The molecular formula is C21H21ClN4O. The predicted molar refractivity (Wildman–Crippen MR) is 105 cm³/mol. The van der Waals surface area contributed by atoms with Crippen LogP contribution in [0.15, 0.2) is 54.7 Å². The maximum atomic E-state index is 11.4. The van der Waals surface area contributed by atoms with Crippen molar-refractivity contribution in [2.45, 2.75) is 30.4 Å². The van der Waals surface area contributed by atoms with Crippen molar-refractivity contribution in [1.29, 1.82) is 0 Å². The SMILES string of the molecule is O[C@H]1[C@H](n2cc(-c3cccc(Cl)c3)nn2)c2ccccc2C12CCNCC2. The molecule has 1 aliphatic carbocycles. The quantitative estimate of drug-likeness (QED) is 0.716. The predicted octanol–water partition coefficient (Wildman–Crippen LogP) is 3.18. The van der Waals surface area contributed by atoms with Gasteiger partial charge in [0.15, 0.2) is 0 Å². The Morgan fingerprint density at radius 1 is 1.11 bits per heavy atom. The van der Waals surface area contributed by atoms with Crippen molar-refractivity contribution in [1.82, 2.24) is 20.3 Å². The third kappa shape index (κ3) is 2.61. The number of aliphatic hydroxyl groups excluding tert-OH is 1. The second kappa shape index (κ2) is 6.44. The number of halogens is 1. The minimum atomic E-state index is -0.522.